The van der Waals surface area contributed by atoms with Crippen molar-refractivity contribution in [2.24, 2.45) is 5.92 Å². The molecular weight excluding hydrogens is 190 g/mol. The van der Waals surface area contributed by atoms with Crippen molar-refractivity contribution in [1.29, 1.82) is 0 Å². The fourth-order valence-corrected chi connectivity index (χ4v) is 2.14. The number of hydrogen-bond donors (Lipinski definition) is 0. The summed E-state index contributed by atoms with van der Waals surface area (Å²) >= 11 is 0. The number of hydrogen-bond acceptors (Lipinski definition) is 3. The van der Waals surface area contributed by atoms with Gasteiger partial charge in [-0.05, 0) is 19.9 Å². The second-order valence-corrected chi connectivity index (χ2v) is 4.52. The number of nitrogens with zero attached hydrogens (tertiary/aromatic N) is 1. The second kappa shape index (κ2) is 6.96. The van der Waals surface area contributed by atoms with E-state index in [0.29, 0.717) is 5.78 Å². The summed E-state index contributed by atoms with van der Waals surface area (Å²) in [5, 5.41) is 0. The van der Waals surface area contributed by atoms with Gasteiger partial charge < -0.3 is 9.64 Å². The largest absolute Gasteiger partial charge is 0.383 e. The number of ketones is 1. The number of likely N-dealkylation sites (N-methyl/N-ethyl adjacent to an activating group) is 1. The summed E-state index contributed by atoms with van der Waals surface area (Å²) in [4.78, 5) is 14.0. The van der Waals surface area contributed by atoms with Crippen LogP contribution in [0.1, 0.15) is 32.1 Å². The Labute approximate surface area is 92.8 Å². The lowest BCUT2D eigenvalue weighted by Crippen LogP contribution is -2.32. The zero-order valence-corrected chi connectivity index (χ0v) is 10.00. The van der Waals surface area contributed by atoms with Crippen LogP contribution >= 0.6 is 0 Å². The summed E-state index contributed by atoms with van der Waals surface area (Å²) in [7, 11) is 3.78. The first-order chi connectivity index (χ1) is 7.24. The van der Waals surface area contributed by atoms with E-state index in [1.807, 2.05) is 0 Å². The molecule has 0 N–H and O–H groups in total. The van der Waals surface area contributed by atoms with Gasteiger partial charge in [0.1, 0.15) is 5.78 Å². The maximum Gasteiger partial charge on any atom is 0.137 e. The van der Waals surface area contributed by atoms with Gasteiger partial charge in [0.25, 0.3) is 0 Å². The topological polar surface area (TPSA) is 29.5 Å². The van der Waals surface area contributed by atoms with Gasteiger partial charge >= 0.3 is 0 Å². The van der Waals surface area contributed by atoms with Crippen LogP contribution in [0.25, 0.3) is 0 Å². The Balaban J connectivity index is 2.30. The molecule has 1 atom stereocenters. The lowest BCUT2D eigenvalue weighted by molar-refractivity contribution is -0.123. The minimum absolute atomic E-state index is 0.273. The van der Waals surface area contributed by atoms with Crippen molar-refractivity contribution in [3.05, 3.63) is 0 Å². The third kappa shape index (κ3) is 4.76. The van der Waals surface area contributed by atoms with Gasteiger partial charge in [-0.2, -0.15) is 0 Å². The van der Waals surface area contributed by atoms with E-state index >= 15 is 0 Å². The molecular formula is C12H23NO2. The van der Waals surface area contributed by atoms with Gasteiger partial charge in [-0.15, -0.1) is 0 Å². The summed E-state index contributed by atoms with van der Waals surface area (Å²) in [5.74, 6) is 0.742. The molecule has 0 amide bonds. The highest BCUT2D eigenvalue weighted by atomic mass is 16.5. The van der Waals surface area contributed by atoms with Crippen LogP contribution in [0.15, 0.2) is 0 Å². The lowest BCUT2D eigenvalue weighted by atomic mass is 9.98. The molecule has 0 heterocycles. The van der Waals surface area contributed by atoms with E-state index in [9.17, 15) is 4.79 Å². The molecule has 0 aromatic carbocycles. The summed E-state index contributed by atoms with van der Waals surface area (Å²) in [6.07, 6.45) is 5.41. The maximum atomic E-state index is 11.8. The zero-order chi connectivity index (χ0) is 11.1. The molecule has 3 heteroatoms. The third-order valence-corrected chi connectivity index (χ3v) is 3.14. The molecule has 0 bridgehead atoms. The van der Waals surface area contributed by atoms with Crippen molar-refractivity contribution in [2.75, 3.05) is 33.9 Å². The van der Waals surface area contributed by atoms with Gasteiger partial charge in [0.15, 0.2) is 0 Å². The van der Waals surface area contributed by atoms with Crippen molar-refractivity contribution >= 4 is 5.78 Å². The van der Waals surface area contributed by atoms with Crippen LogP contribution in [0, 0.1) is 5.92 Å². The van der Waals surface area contributed by atoms with Gasteiger partial charge in [-0.3, -0.25) is 4.79 Å². The monoisotopic (exact) mass is 213 g/mol. The second-order valence-electron chi connectivity index (χ2n) is 4.52. The number of carbonyl (C=O) groups is 1. The van der Waals surface area contributed by atoms with E-state index in [2.05, 4.69) is 11.9 Å². The Bertz CT molecular complexity index is 194. The zero-order valence-electron chi connectivity index (χ0n) is 10.00. The van der Waals surface area contributed by atoms with Crippen LogP contribution in [-0.4, -0.2) is 44.5 Å². The molecule has 0 saturated heterocycles. The van der Waals surface area contributed by atoms with Gasteiger partial charge in [0.2, 0.25) is 0 Å². The lowest BCUT2D eigenvalue weighted by Gasteiger charge is -2.21. The Morgan fingerprint density at radius 3 is 2.93 bits per heavy atom. The molecule has 3 nitrogen and oxygen atoms in total. The predicted octanol–water partition coefficient (Wildman–Crippen LogP) is 1.71. The van der Waals surface area contributed by atoms with Crippen molar-refractivity contribution in [1.82, 2.24) is 4.90 Å². The highest BCUT2D eigenvalue weighted by Gasteiger charge is 2.21. The van der Waals surface area contributed by atoms with Crippen LogP contribution in [0.3, 0.4) is 0 Å². The predicted molar refractivity (Wildman–Crippen MR) is 61.0 cm³/mol. The molecule has 0 aromatic rings. The summed E-state index contributed by atoms with van der Waals surface area (Å²) in [6.45, 7) is 2.57. The van der Waals surface area contributed by atoms with E-state index in [4.69, 9.17) is 4.74 Å². The number of methoxy groups -OCH3 is 1. The summed E-state index contributed by atoms with van der Waals surface area (Å²) < 4.78 is 5.03. The smallest absolute Gasteiger partial charge is 0.137 e. The minimum atomic E-state index is 0.273. The molecule has 1 unspecified atom stereocenters. The third-order valence-electron chi connectivity index (χ3n) is 3.14. The van der Waals surface area contributed by atoms with Crippen LogP contribution in [0.4, 0.5) is 0 Å². The van der Waals surface area contributed by atoms with E-state index in [1.165, 1.54) is 12.8 Å². The van der Waals surface area contributed by atoms with Gasteiger partial charge in [0, 0.05) is 32.5 Å². The van der Waals surface area contributed by atoms with E-state index in [1.54, 1.807) is 7.11 Å². The van der Waals surface area contributed by atoms with Gasteiger partial charge in [-0.25, -0.2) is 0 Å². The first-order valence-corrected chi connectivity index (χ1v) is 5.94. The highest BCUT2D eigenvalue weighted by molar-refractivity contribution is 5.81. The first kappa shape index (κ1) is 12.7. The number of Topliss-reactive ketones (excluding diaryl/α,β-unsaturated/α-hetero) is 1. The van der Waals surface area contributed by atoms with Crippen molar-refractivity contribution in [3.63, 3.8) is 0 Å². The Morgan fingerprint density at radius 2 is 2.20 bits per heavy atom. The standard InChI is InChI=1S/C12H23NO2/c1-13(8-9-15-2)10-11-6-4-3-5-7-12(11)14/h11H,3-10H2,1-2H3. The molecule has 0 spiro atoms. The van der Waals surface area contributed by atoms with Crippen molar-refractivity contribution in [3.8, 4) is 0 Å². The van der Waals surface area contributed by atoms with E-state index < -0.39 is 0 Å². The quantitative estimate of drug-likeness (QED) is 0.651. The SMILES string of the molecule is COCCN(C)CC1CCCCCC1=O. The fourth-order valence-electron chi connectivity index (χ4n) is 2.14. The van der Waals surface area contributed by atoms with Crippen molar-refractivity contribution < 1.29 is 9.53 Å². The molecule has 1 rings (SSSR count). The van der Waals surface area contributed by atoms with E-state index in [-0.39, 0.29) is 5.92 Å². The summed E-state index contributed by atoms with van der Waals surface area (Å²) in [5.41, 5.74) is 0. The Morgan fingerprint density at radius 1 is 1.40 bits per heavy atom. The van der Waals surface area contributed by atoms with Gasteiger partial charge in [-0.1, -0.05) is 12.8 Å². The average Bonchev–Trinajstić information content (AvgIpc) is 2.42. The maximum absolute atomic E-state index is 11.8. The molecule has 88 valence electrons. The number of ether oxygens (including phenoxy) is 1. The van der Waals surface area contributed by atoms with Crippen LogP contribution in [-0.2, 0) is 9.53 Å². The molecule has 1 saturated carbocycles. The highest BCUT2D eigenvalue weighted by Crippen LogP contribution is 2.20. The fraction of sp³-hybridized carbons (Fsp3) is 0.917. The number of rotatable bonds is 5. The normalized spacial score (nSPS) is 23.1. The van der Waals surface area contributed by atoms with Gasteiger partial charge in [0.05, 0.1) is 6.61 Å². The van der Waals surface area contributed by atoms with E-state index in [0.717, 1.165) is 39.0 Å². The number of carbonyl (C=O) groups excluding carboxylic acids is 1. The Kier molecular flexibility index (Phi) is 5.88. The molecule has 0 aliphatic heterocycles. The molecule has 1 aliphatic rings. The Hall–Kier alpha value is -0.410. The van der Waals surface area contributed by atoms with Crippen LogP contribution < -0.4 is 0 Å². The average molecular weight is 213 g/mol. The molecule has 0 aromatic heterocycles. The molecule has 1 fully saturated rings. The molecule has 15 heavy (non-hydrogen) atoms. The molecule has 1 aliphatic carbocycles. The summed E-state index contributed by atoms with van der Waals surface area (Å²) in [6, 6.07) is 0. The van der Waals surface area contributed by atoms with Crippen LogP contribution in [0.2, 0.25) is 0 Å². The first-order valence-electron chi connectivity index (χ1n) is 5.94. The molecule has 0 radical (unpaired) electrons. The van der Waals surface area contributed by atoms with Crippen LogP contribution in [0.5, 0.6) is 0 Å². The van der Waals surface area contributed by atoms with Crippen molar-refractivity contribution in [2.45, 2.75) is 32.1 Å². The minimum Gasteiger partial charge on any atom is -0.383 e.